The third-order valence-corrected chi connectivity index (χ3v) is 6.47. The number of amides is 1. The summed E-state index contributed by atoms with van der Waals surface area (Å²) in [6.07, 6.45) is 1.42. The number of hydrogen-bond donors (Lipinski definition) is 4. The number of halogens is 1. The van der Waals surface area contributed by atoms with Crippen LogP contribution >= 0.6 is 0 Å². The third kappa shape index (κ3) is 6.50. The average molecular weight is 547 g/mol. The molecule has 4 aromatic rings. The van der Waals surface area contributed by atoms with Crippen LogP contribution in [0.3, 0.4) is 0 Å². The van der Waals surface area contributed by atoms with Gasteiger partial charge in [0.15, 0.2) is 5.82 Å². The number of ether oxygens (including phenoxy) is 2. The molecule has 4 N–H and O–H groups in total. The van der Waals surface area contributed by atoms with Crippen molar-refractivity contribution in [1.82, 2.24) is 25.3 Å². The second-order valence-electron chi connectivity index (χ2n) is 9.94. The van der Waals surface area contributed by atoms with Crippen LogP contribution in [0.25, 0.3) is 22.6 Å². The normalized spacial score (nSPS) is 18.8. The summed E-state index contributed by atoms with van der Waals surface area (Å²) in [5.74, 6) is 0.346. The lowest BCUT2D eigenvalue weighted by molar-refractivity contribution is -0.231. The molecule has 2 aromatic heterocycles. The van der Waals surface area contributed by atoms with Crippen LogP contribution in [0.15, 0.2) is 66.9 Å². The van der Waals surface area contributed by atoms with Crippen LogP contribution in [0.5, 0.6) is 0 Å². The van der Waals surface area contributed by atoms with E-state index in [1.165, 1.54) is 12.1 Å². The molecule has 1 amide bonds. The molecule has 1 fully saturated rings. The monoisotopic (exact) mass is 546 g/mol. The lowest BCUT2D eigenvalue weighted by Gasteiger charge is -2.36. The Morgan fingerprint density at radius 2 is 1.85 bits per heavy atom. The van der Waals surface area contributed by atoms with Gasteiger partial charge in [0.25, 0.3) is 5.91 Å². The van der Waals surface area contributed by atoms with Crippen LogP contribution in [0.4, 0.5) is 10.3 Å². The van der Waals surface area contributed by atoms with Crippen molar-refractivity contribution in [2.45, 2.75) is 19.6 Å². The fraction of sp³-hybridized carbons (Fsp3) is 0.310. The maximum Gasteiger partial charge on any atom is 0.251 e. The molecule has 1 saturated heterocycles. The number of benzene rings is 2. The standard InChI is InChI=1S/C29H31FN6O4/c1-29(16-33-26(38)20-6-3-2-4-7-20)17-39-27(40-18-29)25-35-23(19-8-10-21(30)11-9-19)24(36-25)22-12-14-32-28(34-22)31-13-5-15-37/h2-4,6-12,14,27,37H,5,13,15-18H2,1H3,(H,33,38)(H,35,36)(H,31,32,34). The van der Waals surface area contributed by atoms with Gasteiger partial charge in [-0.05, 0) is 48.9 Å². The zero-order valence-electron chi connectivity index (χ0n) is 22.1. The molecule has 40 heavy (non-hydrogen) atoms. The molecule has 0 aliphatic carbocycles. The quantitative estimate of drug-likeness (QED) is 0.220. The average Bonchev–Trinajstić information content (AvgIpc) is 3.43. The van der Waals surface area contributed by atoms with Gasteiger partial charge in [-0.15, -0.1) is 0 Å². The van der Waals surface area contributed by atoms with E-state index in [4.69, 9.17) is 19.6 Å². The van der Waals surface area contributed by atoms with Crippen molar-refractivity contribution in [3.8, 4) is 22.6 Å². The lowest BCUT2D eigenvalue weighted by atomic mass is 9.92. The molecule has 11 heteroatoms. The van der Waals surface area contributed by atoms with Gasteiger partial charge in [-0.3, -0.25) is 4.79 Å². The molecule has 0 atom stereocenters. The van der Waals surface area contributed by atoms with E-state index in [1.807, 2.05) is 25.1 Å². The Hall–Kier alpha value is -4.19. The molecule has 208 valence electrons. The van der Waals surface area contributed by atoms with E-state index in [2.05, 4.69) is 25.6 Å². The third-order valence-electron chi connectivity index (χ3n) is 6.47. The molecule has 2 aromatic carbocycles. The van der Waals surface area contributed by atoms with Crippen LogP contribution in [0.2, 0.25) is 0 Å². The molecular formula is C29H31FN6O4. The van der Waals surface area contributed by atoms with Crippen molar-refractivity contribution >= 4 is 11.9 Å². The summed E-state index contributed by atoms with van der Waals surface area (Å²) in [6, 6.07) is 16.8. The van der Waals surface area contributed by atoms with Gasteiger partial charge in [0, 0.05) is 42.4 Å². The van der Waals surface area contributed by atoms with Crippen molar-refractivity contribution in [2.24, 2.45) is 5.41 Å². The number of imidazole rings is 1. The van der Waals surface area contributed by atoms with E-state index < -0.39 is 11.7 Å². The summed E-state index contributed by atoms with van der Waals surface area (Å²) < 4.78 is 25.8. The van der Waals surface area contributed by atoms with E-state index >= 15 is 0 Å². The molecule has 3 heterocycles. The van der Waals surface area contributed by atoms with Crippen LogP contribution in [0, 0.1) is 11.2 Å². The molecular weight excluding hydrogens is 515 g/mol. The van der Waals surface area contributed by atoms with Crippen LogP contribution < -0.4 is 10.6 Å². The maximum atomic E-state index is 13.7. The first-order valence-corrected chi connectivity index (χ1v) is 13.0. The number of aliphatic hydroxyl groups is 1. The number of H-pyrrole nitrogens is 1. The van der Waals surface area contributed by atoms with E-state index in [9.17, 15) is 9.18 Å². The summed E-state index contributed by atoms with van der Waals surface area (Å²) in [4.78, 5) is 29.4. The number of carbonyl (C=O) groups excluding carboxylic acids is 1. The second kappa shape index (κ2) is 12.3. The molecule has 0 saturated carbocycles. The Labute approximate surface area is 231 Å². The smallest absolute Gasteiger partial charge is 0.251 e. The fourth-order valence-electron chi connectivity index (χ4n) is 4.26. The fourth-order valence-corrected chi connectivity index (χ4v) is 4.26. The van der Waals surface area contributed by atoms with Crippen LogP contribution in [-0.2, 0) is 9.47 Å². The molecule has 10 nitrogen and oxygen atoms in total. The van der Waals surface area contributed by atoms with Gasteiger partial charge >= 0.3 is 0 Å². The summed E-state index contributed by atoms with van der Waals surface area (Å²) in [6.45, 7) is 3.61. The summed E-state index contributed by atoms with van der Waals surface area (Å²) in [5, 5.41) is 15.1. The van der Waals surface area contributed by atoms with Gasteiger partial charge in [0.1, 0.15) is 5.82 Å². The Bertz CT molecular complexity index is 1420. The first-order chi connectivity index (χ1) is 19.4. The minimum atomic E-state index is -0.769. The molecule has 0 spiro atoms. The highest BCUT2D eigenvalue weighted by Gasteiger charge is 2.35. The number of rotatable bonds is 10. The van der Waals surface area contributed by atoms with Crippen LogP contribution in [0.1, 0.15) is 35.8 Å². The van der Waals surface area contributed by atoms with Crippen molar-refractivity contribution in [3.63, 3.8) is 0 Å². The van der Waals surface area contributed by atoms with Gasteiger partial charge < -0.3 is 30.2 Å². The second-order valence-corrected chi connectivity index (χ2v) is 9.94. The highest BCUT2D eigenvalue weighted by molar-refractivity contribution is 5.94. The summed E-state index contributed by atoms with van der Waals surface area (Å²) >= 11 is 0. The first kappa shape index (κ1) is 27.4. The number of hydrogen-bond acceptors (Lipinski definition) is 8. The van der Waals surface area contributed by atoms with Gasteiger partial charge in [-0.1, -0.05) is 25.1 Å². The van der Waals surface area contributed by atoms with Crippen molar-refractivity contribution < 1.29 is 23.8 Å². The number of nitrogens with zero attached hydrogens (tertiary/aromatic N) is 3. The minimum Gasteiger partial charge on any atom is -0.396 e. The number of carbonyl (C=O) groups is 1. The Morgan fingerprint density at radius 3 is 2.58 bits per heavy atom. The molecule has 0 radical (unpaired) electrons. The predicted octanol–water partition coefficient (Wildman–Crippen LogP) is 3.95. The van der Waals surface area contributed by atoms with E-state index in [-0.39, 0.29) is 18.3 Å². The lowest BCUT2D eigenvalue weighted by Crippen LogP contribution is -2.45. The number of nitrogens with one attached hydrogen (secondary N) is 3. The zero-order valence-corrected chi connectivity index (χ0v) is 22.1. The van der Waals surface area contributed by atoms with Crippen molar-refractivity contribution in [1.29, 1.82) is 0 Å². The highest BCUT2D eigenvalue weighted by atomic mass is 19.1. The predicted molar refractivity (Wildman–Crippen MR) is 147 cm³/mol. The maximum absolute atomic E-state index is 13.7. The van der Waals surface area contributed by atoms with Gasteiger partial charge in [-0.25, -0.2) is 19.3 Å². The number of aromatic amines is 1. The topological polar surface area (TPSA) is 134 Å². The number of anilines is 1. The minimum absolute atomic E-state index is 0.0607. The molecule has 1 aliphatic rings. The van der Waals surface area contributed by atoms with Gasteiger partial charge in [0.2, 0.25) is 12.2 Å². The first-order valence-electron chi connectivity index (χ1n) is 13.0. The largest absolute Gasteiger partial charge is 0.396 e. The van der Waals surface area contributed by atoms with Gasteiger partial charge in [0.05, 0.1) is 30.3 Å². The highest BCUT2D eigenvalue weighted by Crippen LogP contribution is 2.35. The Balaban J connectivity index is 1.33. The number of aliphatic hydroxyl groups excluding tert-OH is 1. The summed E-state index contributed by atoms with van der Waals surface area (Å²) in [7, 11) is 0. The SMILES string of the molecule is CC1(CNC(=O)c2ccccc2)COC(c2nc(-c3ccc(F)cc3)c(-c3ccnc(NCCCO)n3)[nH]2)OC1. The summed E-state index contributed by atoms with van der Waals surface area (Å²) in [5.41, 5.74) is 2.59. The molecule has 5 rings (SSSR count). The Morgan fingerprint density at radius 1 is 1.10 bits per heavy atom. The Kier molecular flexibility index (Phi) is 8.44. The van der Waals surface area contributed by atoms with Crippen LogP contribution in [-0.4, -0.2) is 63.9 Å². The van der Waals surface area contributed by atoms with Gasteiger partial charge in [-0.2, -0.15) is 0 Å². The molecule has 0 bridgehead atoms. The van der Waals surface area contributed by atoms with E-state index in [0.29, 0.717) is 72.7 Å². The van der Waals surface area contributed by atoms with Crippen molar-refractivity contribution in [2.75, 3.05) is 38.2 Å². The molecule has 1 aliphatic heterocycles. The van der Waals surface area contributed by atoms with Crippen molar-refractivity contribution in [3.05, 3.63) is 84.1 Å². The molecule has 0 unspecified atom stereocenters. The zero-order chi connectivity index (χ0) is 28.0. The van der Waals surface area contributed by atoms with E-state index in [1.54, 1.807) is 36.5 Å². The van der Waals surface area contributed by atoms with E-state index in [0.717, 1.165) is 0 Å². The number of aromatic nitrogens is 4.